The van der Waals surface area contributed by atoms with Crippen LogP contribution in [0.3, 0.4) is 0 Å². The highest BCUT2D eigenvalue weighted by atomic mass is 16.5. The van der Waals surface area contributed by atoms with Gasteiger partial charge in [-0.1, -0.05) is 48.5 Å². The minimum Gasteiger partial charge on any atom is -0.497 e. The molecule has 1 heterocycles. The molecule has 192 valence electrons. The zero-order chi connectivity index (χ0) is 26.2. The number of amides is 1. The lowest BCUT2D eigenvalue weighted by atomic mass is 10.1. The number of nitrogens with one attached hydrogen (secondary N) is 2. The van der Waals surface area contributed by atoms with Gasteiger partial charge in [0.2, 0.25) is 0 Å². The largest absolute Gasteiger partial charge is 0.497 e. The minimum absolute atomic E-state index is 0.133. The van der Waals surface area contributed by atoms with Crippen LogP contribution in [0, 0.1) is 0 Å². The van der Waals surface area contributed by atoms with Crippen molar-refractivity contribution in [3.63, 3.8) is 0 Å². The number of benzene rings is 3. The van der Waals surface area contributed by atoms with Crippen molar-refractivity contribution in [2.45, 2.75) is 26.4 Å². The van der Waals surface area contributed by atoms with Crippen LogP contribution in [0.5, 0.6) is 11.5 Å². The fourth-order valence-electron chi connectivity index (χ4n) is 4.21. The van der Waals surface area contributed by atoms with Gasteiger partial charge >= 0.3 is 0 Å². The third kappa shape index (κ3) is 6.57. The summed E-state index contributed by atoms with van der Waals surface area (Å²) in [4.78, 5) is 20.4. The smallest absolute Gasteiger partial charge is 0.252 e. The van der Waals surface area contributed by atoms with Crippen molar-refractivity contribution in [2.75, 3.05) is 32.6 Å². The summed E-state index contributed by atoms with van der Waals surface area (Å²) < 4.78 is 10.8. The van der Waals surface area contributed by atoms with Crippen LogP contribution in [0.4, 0.5) is 11.5 Å². The molecule has 37 heavy (non-hydrogen) atoms. The van der Waals surface area contributed by atoms with E-state index in [0.717, 1.165) is 29.7 Å². The Balaban J connectivity index is 1.51. The third-order valence-corrected chi connectivity index (χ3v) is 6.28. The molecule has 0 bridgehead atoms. The van der Waals surface area contributed by atoms with Crippen molar-refractivity contribution < 1.29 is 14.3 Å². The lowest BCUT2D eigenvalue weighted by Crippen LogP contribution is -2.38. The molecule has 2 N–H and O–H groups in total. The molecular formula is C30H34N4O3. The standard InChI is InChI=1S/C30H34N4O3/c1-21(2)34(20-22-10-6-5-7-11-22)17-16-31-30(35)25-19-29(32-26-13-9-8-12-24(25)26)33-27-15-14-23(36-3)18-28(27)37-4/h5-15,18-19,21H,16-17,20H2,1-4H3,(H,31,35)(H,32,33). The maximum absolute atomic E-state index is 13.4. The maximum Gasteiger partial charge on any atom is 0.252 e. The summed E-state index contributed by atoms with van der Waals surface area (Å²) in [5, 5.41) is 7.22. The normalized spacial score (nSPS) is 11.1. The van der Waals surface area contributed by atoms with Crippen LogP contribution in [0.1, 0.15) is 29.8 Å². The van der Waals surface area contributed by atoms with Gasteiger partial charge in [0.05, 0.1) is 31.0 Å². The predicted octanol–water partition coefficient (Wildman–Crippen LogP) is 5.64. The number of methoxy groups -OCH3 is 2. The molecule has 0 saturated heterocycles. The molecule has 0 aliphatic heterocycles. The van der Waals surface area contributed by atoms with E-state index >= 15 is 0 Å². The van der Waals surface area contributed by atoms with Gasteiger partial charge in [0, 0.05) is 37.1 Å². The molecule has 0 atom stereocenters. The molecule has 0 radical (unpaired) electrons. The predicted molar refractivity (Wildman–Crippen MR) is 149 cm³/mol. The van der Waals surface area contributed by atoms with E-state index in [1.165, 1.54) is 5.56 Å². The number of aromatic nitrogens is 1. The van der Waals surface area contributed by atoms with Gasteiger partial charge in [0.1, 0.15) is 17.3 Å². The van der Waals surface area contributed by atoms with Crippen LogP contribution in [0.2, 0.25) is 0 Å². The number of carbonyl (C=O) groups is 1. The highest BCUT2D eigenvalue weighted by Crippen LogP contribution is 2.32. The molecule has 0 aliphatic carbocycles. The zero-order valence-corrected chi connectivity index (χ0v) is 21.8. The van der Waals surface area contributed by atoms with Crippen molar-refractivity contribution in [3.8, 4) is 11.5 Å². The molecule has 1 amide bonds. The first-order chi connectivity index (χ1) is 18.0. The van der Waals surface area contributed by atoms with E-state index in [1.807, 2.05) is 42.5 Å². The summed E-state index contributed by atoms with van der Waals surface area (Å²) in [7, 11) is 3.21. The summed E-state index contributed by atoms with van der Waals surface area (Å²) in [6.45, 7) is 6.47. The Morgan fingerprint density at radius 2 is 1.70 bits per heavy atom. The highest BCUT2D eigenvalue weighted by molar-refractivity contribution is 6.07. The average Bonchev–Trinajstić information content (AvgIpc) is 2.92. The van der Waals surface area contributed by atoms with Crippen molar-refractivity contribution in [1.29, 1.82) is 0 Å². The van der Waals surface area contributed by atoms with Crippen molar-refractivity contribution in [2.24, 2.45) is 0 Å². The Morgan fingerprint density at radius 1 is 0.946 bits per heavy atom. The lowest BCUT2D eigenvalue weighted by Gasteiger charge is -2.26. The topological polar surface area (TPSA) is 75.7 Å². The SMILES string of the molecule is COc1ccc(Nc2cc(C(=O)NCCN(Cc3ccccc3)C(C)C)c3ccccc3n2)c(OC)c1. The molecule has 0 aliphatic rings. The Hall–Kier alpha value is -4.10. The molecule has 3 aromatic carbocycles. The second-order valence-electron chi connectivity index (χ2n) is 9.07. The summed E-state index contributed by atoms with van der Waals surface area (Å²) in [6, 6.07) is 25.7. The Labute approximate surface area is 218 Å². The van der Waals surface area contributed by atoms with Gasteiger partial charge in [0.25, 0.3) is 5.91 Å². The molecule has 7 nitrogen and oxygen atoms in total. The van der Waals surface area contributed by atoms with Gasteiger partial charge in [-0.15, -0.1) is 0 Å². The molecule has 0 unspecified atom stereocenters. The number of fused-ring (bicyclic) bond motifs is 1. The summed E-state index contributed by atoms with van der Waals surface area (Å²) in [5.74, 6) is 1.73. The van der Waals surface area contributed by atoms with E-state index < -0.39 is 0 Å². The van der Waals surface area contributed by atoms with Crippen molar-refractivity contribution in [1.82, 2.24) is 15.2 Å². The molecule has 4 rings (SSSR count). The second-order valence-corrected chi connectivity index (χ2v) is 9.07. The van der Waals surface area contributed by atoms with Gasteiger partial charge in [-0.3, -0.25) is 9.69 Å². The number of ether oxygens (including phenoxy) is 2. The monoisotopic (exact) mass is 498 g/mol. The number of anilines is 2. The number of pyridine rings is 1. The van der Waals surface area contributed by atoms with Gasteiger partial charge < -0.3 is 20.1 Å². The summed E-state index contributed by atoms with van der Waals surface area (Å²) in [5.41, 5.74) is 3.29. The first-order valence-electron chi connectivity index (χ1n) is 12.4. The third-order valence-electron chi connectivity index (χ3n) is 6.28. The molecular weight excluding hydrogens is 464 g/mol. The summed E-state index contributed by atoms with van der Waals surface area (Å²) in [6.07, 6.45) is 0. The van der Waals surface area contributed by atoms with E-state index in [0.29, 0.717) is 35.5 Å². The van der Waals surface area contributed by atoms with Crippen LogP contribution in [0.25, 0.3) is 10.9 Å². The quantitative estimate of drug-likeness (QED) is 0.279. The van der Waals surface area contributed by atoms with E-state index in [9.17, 15) is 4.79 Å². The van der Waals surface area contributed by atoms with E-state index in [4.69, 9.17) is 14.5 Å². The minimum atomic E-state index is -0.133. The van der Waals surface area contributed by atoms with Crippen LogP contribution in [-0.2, 0) is 6.54 Å². The number of hydrogen-bond donors (Lipinski definition) is 2. The molecule has 0 saturated carbocycles. The Morgan fingerprint density at radius 3 is 2.43 bits per heavy atom. The van der Waals surface area contributed by atoms with Gasteiger partial charge in [0.15, 0.2) is 0 Å². The van der Waals surface area contributed by atoms with Crippen LogP contribution in [0.15, 0.2) is 78.9 Å². The molecule has 1 aromatic heterocycles. The molecule has 4 aromatic rings. The van der Waals surface area contributed by atoms with Crippen LogP contribution < -0.4 is 20.1 Å². The van der Waals surface area contributed by atoms with Crippen molar-refractivity contribution in [3.05, 3.63) is 90.0 Å². The number of carbonyl (C=O) groups excluding carboxylic acids is 1. The number of hydrogen-bond acceptors (Lipinski definition) is 6. The van der Waals surface area contributed by atoms with E-state index in [1.54, 1.807) is 26.4 Å². The molecule has 0 spiro atoms. The Bertz CT molecular complexity index is 1340. The first kappa shape index (κ1) is 26.0. The van der Waals surface area contributed by atoms with Gasteiger partial charge in [-0.2, -0.15) is 0 Å². The highest BCUT2D eigenvalue weighted by Gasteiger charge is 2.16. The number of para-hydroxylation sites is 1. The average molecular weight is 499 g/mol. The zero-order valence-electron chi connectivity index (χ0n) is 21.8. The fraction of sp³-hybridized carbons (Fsp3) is 0.267. The number of rotatable bonds is 11. The van der Waals surface area contributed by atoms with Gasteiger partial charge in [-0.05, 0) is 43.7 Å². The first-order valence-corrected chi connectivity index (χ1v) is 12.4. The summed E-state index contributed by atoms with van der Waals surface area (Å²) >= 11 is 0. The van der Waals surface area contributed by atoms with Crippen molar-refractivity contribution >= 4 is 28.3 Å². The van der Waals surface area contributed by atoms with E-state index in [2.05, 4.69) is 53.6 Å². The van der Waals surface area contributed by atoms with Gasteiger partial charge in [-0.25, -0.2) is 4.98 Å². The maximum atomic E-state index is 13.4. The Kier molecular flexibility index (Phi) is 8.59. The second kappa shape index (κ2) is 12.2. The molecule has 0 fully saturated rings. The van der Waals surface area contributed by atoms with Crippen LogP contribution in [-0.4, -0.2) is 49.1 Å². The molecule has 7 heteroatoms. The van der Waals surface area contributed by atoms with Crippen LogP contribution >= 0.6 is 0 Å². The van der Waals surface area contributed by atoms with E-state index in [-0.39, 0.29) is 5.91 Å². The lowest BCUT2D eigenvalue weighted by molar-refractivity contribution is 0.0946. The fourth-order valence-corrected chi connectivity index (χ4v) is 4.21. The number of nitrogens with zero attached hydrogens (tertiary/aromatic N) is 2.